The minimum Gasteiger partial charge on any atom is -0.454 e. The van der Waals surface area contributed by atoms with Crippen molar-refractivity contribution < 1.29 is 14.3 Å². The average molecular weight is 461 g/mol. The van der Waals surface area contributed by atoms with Gasteiger partial charge in [0.2, 0.25) is 6.79 Å². The van der Waals surface area contributed by atoms with Crippen LogP contribution in [0.5, 0.6) is 11.5 Å². The van der Waals surface area contributed by atoms with E-state index in [1.54, 1.807) is 11.0 Å². The second kappa shape index (κ2) is 7.46. The van der Waals surface area contributed by atoms with Crippen LogP contribution in [0.2, 0.25) is 0 Å². The third kappa shape index (κ3) is 3.39. The maximum atomic E-state index is 13.4. The second-order valence-electron chi connectivity index (χ2n) is 7.06. The quantitative estimate of drug-likeness (QED) is 0.496. The summed E-state index contributed by atoms with van der Waals surface area (Å²) in [5.74, 6) is 1.80. The fourth-order valence-corrected chi connectivity index (χ4v) is 3.67. The monoisotopic (exact) mass is 460 g/mol. The number of carbonyl (C=O) groups is 1. The SMILES string of the molecule is Cc1ccc(N2C(=O)/C(=C\c3ccc4c(c3)OCO4)N=C2c2ccc(Br)cc2)cc1. The summed E-state index contributed by atoms with van der Waals surface area (Å²) in [6.45, 7) is 2.23. The molecule has 30 heavy (non-hydrogen) atoms. The number of fused-ring (bicyclic) bond motifs is 1. The molecule has 3 aromatic rings. The zero-order chi connectivity index (χ0) is 20.7. The van der Waals surface area contributed by atoms with Gasteiger partial charge < -0.3 is 9.47 Å². The van der Waals surface area contributed by atoms with Crippen LogP contribution in [0.15, 0.2) is 81.9 Å². The first kappa shape index (κ1) is 18.6. The minimum absolute atomic E-state index is 0.172. The molecule has 5 nitrogen and oxygen atoms in total. The second-order valence-corrected chi connectivity index (χ2v) is 7.98. The van der Waals surface area contributed by atoms with Crippen LogP contribution in [0.3, 0.4) is 0 Å². The summed E-state index contributed by atoms with van der Waals surface area (Å²) in [5, 5.41) is 0. The Kier molecular flexibility index (Phi) is 4.64. The molecule has 2 aliphatic rings. The summed E-state index contributed by atoms with van der Waals surface area (Å²) < 4.78 is 11.8. The predicted octanol–water partition coefficient (Wildman–Crippen LogP) is 5.32. The van der Waals surface area contributed by atoms with Gasteiger partial charge in [-0.2, -0.15) is 0 Å². The first-order valence-electron chi connectivity index (χ1n) is 9.45. The Labute approximate surface area is 182 Å². The van der Waals surface area contributed by atoms with E-state index >= 15 is 0 Å². The Morgan fingerprint density at radius 3 is 2.47 bits per heavy atom. The summed E-state index contributed by atoms with van der Waals surface area (Å²) >= 11 is 3.46. The van der Waals surface area contributed by atoms with Crippen molar-refractivity contribution in [3.05, 3.63) is 93.6 Å². The number of benzene rings is 3. The number of hydrogen-bond donors (Lipinski definition) is 0. The van der Waals surface area contributed by atoms with Crippen molar-refractivity contribution >= 4 is 39.4 Å². The Hall–Kier alpha value is -3.38. The summed E-state index contributed by atoms with van der Waals surface area (Å²) in [4.78, 5) is 19.7. The molecule has 148 valence electrons. The number of ether oxygens (including phenoxy) is 2. The largest absolute Gasteiger partial charge is 0.454 e. The van der Waals surface area contributed by atoms with Crippen molar-refractivity contribution in [2.24, 2.45) is 4.99 Å². The predicted molar refractivity (Wildman–Crippen MR) is 120 cm³/mol. The first-order chi connectivity index (χ1) is 14.6. The van der Waals surface area contributed by atoms with Gasteiger partial charge in [0, 0.05) is 10.0 Å². The van der Waals surface area contributed by atoms with E-state index in [0.717, 1.165) is 26.9 Å². The molecule has 0 aliphatic carbocycles. The number of amides is 1. The average Bonchev–Trinajstić information content (AvgIpc) is 3.34. The van der Waals surface area contributed by atoms with Gasteiger partial charge in [0.25, 0.3) is 5.91 Å². The molecule has 0 fully saturated rings. The van der Waals surface area contributed by atoms with E-state index in [2.05, 4.69) is 15.9 Å². The van der Waals surface area contributed by atoms with Crippen LogP contribution in [-0.4, -0.2) is 18.5 Å². The van der Waals surface area contributed by atoms with Gasteiger partial charge >= 0.3 is 0 Å². The number of aliphatic imine (C=N–C) groups is 1. The molecule has 0 radical (unpaired) electrons. The molecule has 2 heterocycles. The van der Waals surface area contributed by atoms with Gasteiger partial charge in [-0.25, -0.2) is 4.99 Å². The van der Waals surface area contributed by atoms with E-state index in [-0.39, 0.29) is 12.7 Å². The number of amidine groups is 1. The third-order valence-corrected chi connectivity index (χ3v) is 5.48. The molecule has 0 saturated carbocycles. The molecule has 0 N–H and O–H groups in total. The number of rotatable bonds is 3. The van der Waals surface area contributed by atoms with Gasteiger partial charge in [0.1, 0.15) is 11.5 Å². The summed E-state index contributed by atoms with van der Waals surface area (Å²) in [5.41, 5.74) is 3.96. The molecule has 3 aromatic carbocycles. The Bertz CT molecular complexity index is 1200. The molecule has 1 amide bonds. The lowest BCUT2D eigenvalue weighted by Crippen LogP contribution is -2.32. The normalized spacial score (nSPS) is 16.3. The highest BCUT2D eigenvalue weighted by Gasteiger charge is 2.32. The fourth-order valence-electron chi connectivity index (χ4n) is 3.40. The molecule has 6 heteroatoms. The molecule has 0 unspecified atom stereocenters. The van der Waals surface area contributed by atoms with Gasteiger partial charge in [-0.05, 0) is 55.0 Å². The lowest BCUT2D eigenvalue weighted by atomic mass is 10.1. The number of halogens is 1. The molecule has 5 rings (SSSR count). The summed E-state index contributed by atoms with van der Waals surface area (Å²) in [7, 11) is 0. The zero-order valence-corrected chi connectivity index (χ0v) is 17.7. The van der Waals surface area contributed by atoms with Crippen molar-refractivity contribution in [3.63, 3.8) is 0 Å². The van der Waals surface area contributed by atoms with Gasteiger partial charge in [0.05, 0.1) is 5.69 Å². The lowest BCUT2D eigenvalue weighted by Gasteiger charge is -2.18. The molecule has 0 bridgehead atoms. The molecule has 0 saturated heterocycles. The lowest BCUT2D eigenvalue weighted by molar-refractivity contribution is -0.113. The van der Waals surface area contributed by atoms with Crippen molar-refractivity contribution in [2.45, 2.75) is 6.92 Å². The maximum absolute atomic E-state index is 13.4. The molecule has 0 spiro atoms. The van der Waals surface area contributed by atoms with Crippen molar-refractivity contribution in [1.82, 2.24) is 0 Å². The van der Waals surface area contributed by atoms with E-state index in [1.165, 1.54) is 0 Å². The van der Waals surface area contributed by atoms with E-state index in [0.29, 0.717) is 23.0 Å². The van der Waals surface area contributed by atoms with Crippen LogP contribution in [0.1, 0.15) is 16.7 Å². The molecule has 0 atom stereocenters. The van der Waals surface area contributed by atoms with Crippen LogP contribution >= 0.6 is 15.9 Å². The molecular weight excluding hydrogens is 444 g/mol. The number of carbonyl (C=O) groups excluding carboxylic acids is 1. The first-order valence-corrected chi connectivity index (χ1v) is 10.2. The van der Waals surface area contributed by atoms with Crippen LogP contribution in [0.4, 0.5) is 5.69 Å². The summed E-state index contributed by atoms with van der Waals surface area (Å²) in [6.07, 6.45) is 1.78. The van der Waals surface area contributed by atoms with Crippen LogP contribution in [0.25, 0.3) is 6.08 Å². The van der Waals surface area contributed by atoms with E-state index in [4.69, 9.17) is 14.5 Å². The highest BCUT2D eigenvalue weighted by atomic mass is 79.9. The standard InChI is InChI=1S/C24H17BrN2O3/c1-15-2-9-19(10-3-15)27-23(17-5-7-18(25)8-6-17)26-20(24(27)28)12-16-4-11-21-22(13-16)30-14-29-21/h2-13H,14H2,1H3/b20-12+. The Balaban J connectivity index is 1.59. The van der Waals surface area contributed by atoms with Crippen LogP contribution in [0, 0.1) is 6.92 Å². The van der Waals surface area contributed by atoms with Gasteiger partial charge in [-0.1, -0.05) is 51.8 Å². The van der Waals surface area contributed by atoms with Gasteiger partial charge in [0.15, 0.2) is 11.5 Å². The number of hydrogen-bond acceptors (Lipinski definition) is 4. The highest BCUT2D eigenvalue weighted by Crippen LogP contribution is 2.34. The van der Waals surface area contributed by atoms with Gasteiger partial charge in [-0.3, -0.25) is 9.69 Å². The number of aryl methyl sites for hydroxylation is 1. The van der Waals surface area contributed by atoms with Gasteiger partial charge in [-0.15, -0.1) is 0 Å². The topological polar surface area (TPSA) is 51.1 Å². The van der Waals surface area contributed by atoms with Crippen LogP contribution in [-0.2, 0) is 4.79 Å². The van der Waals surface area contributed by atoms with E-state index < -0.39 is 0 Å². The zero-order valence-electron chi connectivity index (χ0n) is 16.1. The van der Waals surface area contributed by atoms with E-state index in [9.17, 15) is 4.79 Å². The van der Waals surface area contributed by atoms with Crippen molar-refractivity contribution in [1.29, 1.82) is 0 Å². The highest BCUT2D eigenvalue weighted by molar-refractivity contribution is 9.10. The minimum atomic E-state index is -0.172. The smallest absolute Gasteiger partial charge is 0.282 e. The van der Waals surface area contributed by atoms with Crippen molar-refractivity contribution in [3.8, 4) is 11.5 Å². The Morgan fingerprint density at radius 1 is 0.967 bits per heavy atom. The maximum Gasteiger partial charge on any atom is 0.282 e. The molecule has 2 aliphatic heterocycles. The number of anilines is 1. The molecule has 0 aromatic heterocycles. The van der Waals surface area contributed by atoms with Crippen molar-refractivity contribution in [2.75, 3.05) is 11.7 Å². The number of nitrogens with zero attached hydrogens (tertiary/aromatic N) is 2. The summed E-state index contributed by atoms with van der Waals surface area (Å²) in [6, 6.07) is 21.2. The Morgan fingerprint density at radius 2 is 1.70 bits per heavy atom. The van der Waals surface area contributed by atoms with Crippen LogP contribution < -0.4 is 14.4 Å². The third-order valence-electron chi connectivity index (χ3n) is 4.95. The molecular formula is C24H17BrN2O3. The fraction of sp³-hybridized carbons (Fsp3) is 0.0833. The van der Waals surface area contributed by atoms with E-state index in [1.807, 2.05) is 73.7 Å².